The number of phenolic OH excluding ortho intramolecular Hbond substituents is 1. The SMILES string of the molecule is CC1CCc2c(sc3nc(CCN4CCN(c5ccccc5O)CC4)nc(N)c23)C1. The summed E-state index contributed by atoms with van der Waals surface area (Å²) >= 11 is 1.82. The van der Waals surface area contributed by atoms with Crippen molar-refractivity contribution in [1.29, 1.82) is 0 Å². The van der Waals surface area contributed by atoms with Crippen LogP contribution in [0, 0.1) is 5.92 Å². The maximum absolute atomic E-state index is 10.1. The standard InChI is InChI=1S/C23H29N5OS/c1-15-6-7-16-19(14-15)30-23-21(16)22(24)25-20(26-23)8-9-27-10-12-28(13-11-27)17-4-2-3-5-18(17)29/h2-5,15,29H,6-14H2,1H3,(H2,24,25,26). The van der Waals surface area contributed by atoms with Gasteiger partial charge in [-0.05, 0) is 42.9 Å². The molecule has 1 aliphatic heterocycles. The number of phenols is 1. The van der Waals surface area contributed by atoms with Crippen LogP contribution in [-0.2, 0) is 19.3 Å². The van der Waals surface area contributed by atoms with Gasteiger partial charge >= 0.3 is 0 Å². The minimum atomic E-state index is 0.358. The smallest absolute Gasteiger partial charge is 0.138 e. The molecule has 1 saturated heterocycles. The van der Waals surface area contributed by atoms with Crippen molar-refractivity contribution in [3.63, 3.8) is 0 Å². The molecular formula is C23H29N5OS. The maximum atomic E-state index is 10.1. The van der Waals surface area contributed by atoms with Gasteiger partial charge in [0.15, 0.2) is 0 Å². The van der Waals surface area contributed by atoms with Gasteiger partial charge in [0.1, 0.15) is 22.2 Å². The van der Waals surface area contributed by atoms with Gasteiger partial charge in [0.2, 0.25) is 0 Å². The van der Waals surface area contributed by atoms with Gasteiger partial charge in [-0.15, -0.1) is 11.3 Å². The van der Waals surface area contributed by atoms with E-state index in [0.29, 0.717) is 11.6 Å². The van der Waals surface area contributed by atoms with Gasteiger partial charge in [-0.2, -0.15) is 0 Å². The Morgan fingerprint density at radius 2 is 1.97 bits per heavy atom. The maximum Gasteiger partial charge on any atom is 0.138 e. The number of aryl methyl sites for hydroxylation is 1. The summed E-state index contributed by atoms with van der Waals surface area (Å²) in [5, 5.41) is 11.2. The van der Waals surface area contributed by atoms with Crippen LogP contribution in [-0.4, -0.2) is 52.7 Å². The van der Waals surface area contributed by atoms with E-state index < -0.39 is 0 Å². The summed E-state index contributed by atoms with van der Waals surface area (Å²) in [4.78, 5) is 16.8. The summed E-state index contributed by atoms with van der Waals surface area (Å²) in [7, 11) is 0. The second-order valence-electron chi connectivity index (χ2n) is 8.62. The first kappa shape index (κ1) is 19.6. The van der Waals surface area contributed by atoms with Gasteiger partial charge < -0.3 is 15.7 Å². The third-order valence-electron chi connectivity index (χ3n) is 6.48. The topological polar surface area (TPSA) is 78.5 Å². The van der Waals surface area contributed by atoms with E-state index in [-0.39, 0.29) is 0 Å². The molecule has 158 valence electrons. The molecule has 1 atom stereocenters. The zero-order valence-corrected chi connectivity index (χ0v) is 18.3. The number of rotatable bonds is 4. The van der Waals surface area contributed by atoms with E-state index >= 15 is 0 Å². The summed E-state index contributed by atoms with van der Waals surface area (Å²) < 4.78 is 0. The van der Waals surface area contributed by atoms with E-state index in [1.807, 2.05) is 29.5 Å². The first-order valence-electron chi connectivity index (χ1n) is 10.9. The summed E-state index contributed by atoms with van der Waals surface area (Å²) in [6, 6.07) is 7.57. The number of nitrogen functional groups attached to an aromatic ring is 1. The number of aromatic hydroxyl groups is 1. The lowest BCUT2D eigenvalue weighted by Gasteiger charge is -2.36. The van der Waals surface area contributed by atoms with Crippen molar-refractivity contribution in [3.05, 3.63) is 40.5 Å². The number of nitrogens with two attached hydrogens (primary N) is 1. The van der Waals surface area contributed by atoms with E-state index in [9.17, 15) is 5.11 Å². The predicted octanol–water partition coefficient (Wildman–Crippen LogP) is 3.47. The quantitative estimate of drug-likeness (QED) is 0.669. The summed E-state index contributed by atoms with van der Waals surface area (Å²) in [5.41, 5.74) is 8.70. The molecule has 1 aromatic carbocycles. The van der Waals surface area contributed by atoms with Crippen LogP contribution in [0.3, 0.4) is 0 Å². The normalized spacial score (nSPS) is 19.9. The molecule has 30 heavy (non-hydrogen) atoms. The van der Waals surface area contributed by atoms with Crippen LogP contribution in [0.25, 0.3) is 10.2 Å². The van der Waals surface area contributed by atoms with E-state index in [2.05, 4.69) is 21.7 Å². The van der Waals surface area contributed by atoms with Gasteiger partial charge in [-0.25, -0.2) is 9.97 Å². The van der Waals surface area contributed by atoms with Crippen molar-refractivity contribution in [2.24, 2.45) is 5.92 Å². The number of hydrogen-bond donors (Lipinski definition) is 2. The zero-order chi connectivity index (χ0) is 20.7. The van der Waals surface area contributed by atoms with Gasteiger partial charge in [-0.1, -0.05) is 19.1 Å². The molecule has 2 aromatic heterocycles. The van der Waals surface area contributed by atoms with Crippen LogP contribution in [0.15, 0.2) is 24.3 Å². The third-order valence-corrected chi connectivity index (χ3v) is 7.62. The number of hydrogen-bond acceptors (Lipinski definition) is 7. The van der Waals surface area contributed by atoms with E-state index in [0.717, 1.165) is 79.6 Å². The Hall–Kier alpha value is -2.38. The summed E-state index contributed by atoms with van der Waals surface area (Å²) in [6.45, 7) is 7.02. The van der Waals surface area contributed by atoms with Crippen molar-refractivity contribution in [1.82, 2.24) is 14.9 Å². The number of aromatic nitrogens is 2. The van der Waals surface area contributed by atoms with Crippen LogP contribution >= 0.6 is 11.3 Å². The zero-order valence-electron chi connectivity index (χ0n) is 17.5. The van der Waals surface area contributed by atoms with Crippen molar-refractivity contribution in [2.45, 2.75) is 32.6 Å². The average Bonchev–Trinajstić information content (AvgIpc) is 3.11. The summed E-state index contributed by atoms with van der Waals surface area (Å²) in [6.07, 6.45) is 4.29. The Morgan fingerprint density at radius 1 is 1.17 bits per heavy atom. The Kier molecular flexibility index (Phi) is 5.25. The number of piperazine rings is 1. The molecule has 0 bridgehead atoms. The highest BCUT2D eigenvalue weighted by atomic mass is 32.1. The minimum absolute atomic E-state index is 0.358. The number of anilines is 2. The van der Waals surface area contributed by atoms with E-state index in [1.54, 1.807) is 6.07 Å². The fraction of sp³-hybridized carbons (Fsp3) is 0.478. The van der Waals surface area contributed by atoms with Crippen LogP contribution < -0.4 is 10.6 Å². The van der Waals surface area contributed by atoms with Crippen LogP contribution in [0.5, 0.6) is 5.75 Å². The lowest BCUT2D eigenvalue weighted by molar-refractivity contribution is 0.259. The second kappa shape index (κ2) is 8.04. The third kappa shape index (κ3) is 3.72. The number of para-hydroxylation sites is 2. The monoisotopic (exact) mass is 423 g/mol. The first-order chi connectivity index (χ1) is 14.6. The van der Waals surface area contributed by atoms with Crippen molar-refractivity contribution < 1.29 is 5.11 Å². The minimum Gasteiger partial charge on any atom is -0.506 e. The van der Waals surface area contributed by atoms with Gasteiger partial charge in [0.05, 0.1) is 11.1 Å². The molecule has 6 nitrogen and oxygen atoms in total. The van der Waals surface area contributed by atoms with Gasteiger partial charge in [0, 0.05) is 44.0 Å². The molecule has 1 fully saturated rings. The Balaban J connectivity index is 1.23. The highest BCUT2D eigenvalue weighted by Gasteiger charge is 2.24. The van der Waals surface area contributed by atoms with Crippen molar-refractivity contribution in [3.8, 4) is 5.75 Å². The highest BCUT2D eigenvalue weighted by molar-refractivity contribution is 7.19. The summed E-state index contributed by atoms with van der Waals surface area (Å²) in [5.74, 6) is 2.62. The molecule has 0 saturated carbocycles. The molecule has 3 aromatic rings. The molecular weight excluding hydrogens is 394 g/mol. The van der Waals surface area contributed by atoms with Crippen molar-refractivity contribution >= 4 is 33.1 Å². The molecule has 0 spiro atoms. The largest absolute Gasteiger partial charge is 0.506 e. The fourth-order valence-electron chi connectivity index (χ4n) is 4.73. The molecule has 1 unspecified atom stereocenters. The molecule has 3 heterocycles. The predicted molar refractivity (Wildman–Crippen MR) is 123 cm³/mol. The van der Waals surface area contributed by atoms with Gasteiger partial charge in [-0.3, -0.25) is 4.90 Å². The lowest BCUT2D eigenvalue weighted by Crippen LogP contribution is -2.47. The Morgan fingerprint density at radius 3 is 2.77 bits per heavy atom. The molecule has 1 aliphatic carbocycles. The molecule has 0 amide bonds. The number of benzene rings is 1. The number of thiophene rings is 1. The molecule has 3 N–H and O–H groups in total. The van der Waals surface area contributed by atoms with Crippen LogP contribution in [0.2, 0.25) is 0 Å². The first-order valence-corrected chi connectivity index (χ1v) is 11.7. The Labute approximate surface area is 181 Å². The Bertz CT molecular complexity index is 1060. The fourth-order valence-corrected chi connectivity index (χ4v) is 6.14. The van der Waals surface area contributed by atoms with Gasteiger partial charge in [0.25, 0.3) is 0 Å². The lowest BCUT2D eigenvalue weighted by atomic mass is 9.89. The van der Waals surface area contributed by atoms with Crippen LogP contribution in [0.1, 0.15) is 29.6 Å². The average molecular weight is 424 g/mol. The van der Waals surface area contributed by atoms with Crippen molar-refractivity contribution in [2.75, 3.05) is 43.4 Å². The number of fused-ring (bicyclic) bond motifs is 3. The van der Waals surface area contributed by atoms with Crippen LogP contribution in [0.4, 0.5) is 11.5 Å². The second-order valence-corrected chi connectivity index (χ2v) is 9.71. The molecule has 5 rings (SSSR count). The number of nitrogens with zero attached hydrogens (tertiary/aromatic N) is 4. The highest BCUT2D eigenvalue weighted by Crippen LogP contribution is 2.39. The molecule has 2 aliphatic rings. The van der Waals surface area contributed by atoms with E-state index in [1.165, 1.54) is 16.9 Å². The van der Waals surface area contributed by atoms with E-state index in [4.69, 9.17) is 10.7 Å². The molecule has 7 heteroatoms. The molecule has 0 radical (unpaired) electrons.